The lowest BCUT2D eigenvalue weighted by molar-refractivity contribution is 0.411. The Labute approximate surface area is 139 Å². The third-order valence-corrected chi connectivity index (χ3v) is 4.98. The van der Waals surface area contributed by atoms with Crippen LogP contribution in [0.4, 0.5) is 0 Å². The van der Waals surface area contributed by atoms with Gasteiger partial charge in [0.25, 0.3) is 0 Å². The van der Waals surface area contributed by atoms with Crippen LogP contribution < -0.4 is 0 Å². The summed E-state index contributed by atoms with van der Waals surface area (Å²) in [6.45, 7) is 2.25. The fourth-order valence-electron chi connectivity index (χ4n) is 3.73. The molecule has 1 fully saturated rings. The normalized spacial score (nSPS) is 18.8. The van der Waals surface area contributed by atoms with E-state index in [4.69, 9.17) is 0 Å². The second kappa shape index (κ2) is 5.14. The molecule has 5 rings (SSSR count). The fraction of sp³-hybridized carbons (Fsp3) is 0.278. The molecule has 0 bridgehead atoms. The van der Waals surface area contributed by atoms with Crippen LogP contribution in [0.2, 0.25) is 0 Å². The Kier molecular flexibility index (Phi) is 2.93. The van der Waals surface area contributed by atoms with Gasteiger partial charge in [-0.05, 0) is 49.8 Å². The number of fused-ring (bicyclic) bond motifs is 2. The number of H-pyrrole nitrogens is 1. The first-order valence-electron chi connectivity index (χ1n) is 8.25. The second-order valence-electron chi connectivity index (χ2n) is 6.55. The Balaban J connectivity index is 1.67. The highest BCUT2D eigenvalue weighted by Crippen LogP contribution is 2.34. The van der Waals surface area contributed by atoms with Crippen molar-refractivity contribution in [2.75, 3.05) is 20.1 Å². The van der Waals surface area contributed by atoms with Crippen LogP contribution in [-0.4, -0.2) is 49.8 Å². The third kappa shape index (κ3) is 2.03. The van der Waals surface area contributed by atoms with Gasteiger partial charge in [0.1, 0.15) is 5.65 Å². The van der Waals surface area contributed by atoms with E-state index in [-0.39, 0.29) is 0 Å². The van der Waals surface area contributed by atoms with Crippen LogP contribution in [-0.2, 0) is 0 Å². The summed E-state index contributed by atoms with van der Waals surface area (Å²) in [5.41, 5.74) is 5.47. The summed E-state index contributed by atoms with van der Waals surface area (Å²) in [5, 5.41) is 9.78. The maximum absolute atomic E-state index is 4.53. The van der Waals surface area contributed by atoms with Crippen molar-refractivity contribution in [2.45, 2.75) is 12.3 Å². The summed E-state index contributed by atoms with van der Waals surface area (Å²) in [6.07, 6.45) is 6.68. The number of hydrogen-bond donors (Lipinski definition) is 1. The molecule has 0 saturated carbocycles. The van der Waals surface area contributed by atoms with Crippen LogP contribution in [0.15, 0.2) is 42.9 Å². The van der Waals surface area contributed by atoms with E-state index in [1.165, 1.54) is 12.1 Å². The van der Waals surface area contributed by atoms with Crippen molar-refractivity contribution >= 4 is 16.6 Å². The number of likely N-dealkylation sites (tertiary alicyclic amines) is 1. The lowest BCUT2D eigenvalue weighted by atomic mass is 10.0. The highest BCUT2D eigenvalue weighted by Gasteiger charge is 2.23. The summed E-state index contributed by atoms with van der Waals surface area (Å²) in [7, 11) is 2.18. The van der Waals surface area contributed by atoms with Gasteiger partial charge in [-0.25, -0.2) is 4.98 Å². The molecule has 24 heavy (non-hydrogen) atoms. The van der Waals surface area contributed by atoms with E-state index in [9.17, 15) is 0 Å². The van der Waals surface area contributed by atoms with Gasteiger partial charge in [0, 0.05) is 41.5 Å². The fourth-order valence-corrected chi connectivity index (χ4v) is 3.73. The number of aromatic nitrogens is 5. The predicted molar refractivity (Wildman–Crippen MR) is 92.9 cm³/mol. The predicted octanol–water partition coefficient (Wildman–Crippen LogP) is 2.69. The molecule has 0 aliphatic carbocycles. The van der Waals surface area contributed by atoms with Crippen molar-refractivity contribution in [1.82, 2.24) is 29.7 Å². The summed E-state index contributed by atoms with van der Waals surface area (Å²) < 4.78 is 1.67. The number of nitrogens with one attached hydrogen (secondary N) is 1. The highest BCUT2D eigenvalue weighted by atomic mass is 15.4. The molecule has 4 aromatic heterocycles. The van der Waals surface area contributed by atoms with Crippen molar-refractivity contribution in [2.24, 2.45) is 0 Å². The van der Waals surface area contributed by atoms with Crippen LogP contribution in [0.1, 0.15) is 18.0 Å². The van der Waals surface area contributed by atoms with Gasteiger partial charge >= 0.3 is 0 Å². The Morgan fingerprint density at radius 3 is 3.00 bits per heavy atom. The first-order valence-corrected chi connectivity index (χ1v) is 8.25. The molecule has 5 heterocycles. The Morgan fingerprint density at radius 2 is 2.12 bits per heavy atom. The van der Waals surface area contributed by atoms with Gasteiger partial charge in [0.2, 0.25) is 0 Å². The zero-order valence-corrected chi connectivity index (χ0v) is 13.5. The van der Waals surface area contributed by atoms with Crippen LogP contribution in [0.5, 0.6) is 0 Å². The molecular weight excluding hydrogens is 300 g/mol. The number of rotatable bonds is 2. The smallest absolute Gasteiger partial charge is 0.138 e. The topological polar surface area (TPSA) is 62.1 Å². The monoisotopic (exact) mass is 318 g/mol. The molecule has 0 radical (unpaired) electrons. The summed E-state index contributed by atoms with van der Waals surface area (Å²) in [5.74, 6) is 0.558. The Bertz CT molecular complexity index is 1030. The second-order valence-corrected chi connectivity index (χ2v) is 6.55. The minimum Gasteiger partial charge on any atom is -0.343 e. The van der Waals surface area contributed by atoms with E-state index in [2.05, 4.69) is 44.2 Å². The van der Waals surface area contributed by atoms with Gasteiger partial charge in [0.15, 0.2) is 0 Å². The lowest BCUT2D eigenvalue weighted by Crippen LogP contribution is -2.13. The van der Waals surface area contributed by atoms with E-state index in [0.717, 1.165) is 40.8 Å². The number of aromatic amines is 1. The van der Waals surface area contributed by atoms with Crippen LogP contribution in [0, 0.1) is 0 Å². The zero-order valence-electron chi connectivity index (χ0n) is 13.5. The van der Waals surface area contributed by atoms with Gasteiger partial charge in [-0.1, -0.05) is 0 Å². The molecule has 0 amide bonds. The van der Waals surface area contributed by atoms with Crippen LogP contribution in [0.25, 0.3) is 27.7 Å². The summed E-state index contributed by atoms with van der Waals surface area (Å²) in [4.78, 5) is 10.4. The Morgan fingerprint density at radius 1 is 1.17 bits per heavy atom. The van der Waals surface area contributed by atoms with Gasteiger partial charge in [0.05, 0.1) is 11.7 Å². The van der Waals surface area contributed by atoms with E-state index >= 15 is 0 Å². The molecule has 1 saturated heterocycles. The van der Waals surface area contributed by atoms with Gasteiger partial charge in [-0.3, -0.25) is 0 Å². The molecule has 0 aromatic carbocycles. The highest BCUT2D eigenvalue weighted by molar-refractivity contribution is 5.97. The first-order chi connectivity index (χ1) is 11.8. The maximum Gasteiger partial charge on any atom is 0.138 e. The van der Waals surface area contributed by atoms with Crippen LogP contribution >= 0.6 is 0 Å². The number of pyridine rings is 1. The van der Waals surface area contributed by atoms with Gasteiger partial charge < -0.3 is 9.88 Å². The van der Waals surface area contributed by atoms with Crippen LogP contribution in [0.3, 0.4) is 0 Å². The van der Waals surface area contributed by atoms with Crippen molar-refractivity contribution < 1.29 is 0 Å². The molecule has 1 aliphatic heterocycles. The third-order valence-electron chi connectivity index (χ3n) is 4.98. The lowest BCUT2D eigenvalue weighted by Gasteiger charge is -2.07. The molecule has 1 unspecified atom stereocenters. The largest absolute Gasteiger partial charge is 0.343 e. The van der Waals surface area contributed by atoms with Gasteiger partial charge in [-0.2, -0.15) is 14.8 Å². The molecule has 6 nitrogen and oxygen atoms in total. The number of nitrogens with zero attached hydrogens (tertiary/aromatic N) is 5. The molecule has 1 atom stereocenters. The molecule has 6 heteroatoms. The average Bonchev–Trinajstić information content (AvgIpc) is 3.31. The van der Waals surface area contributed by atoms with Crippen molar-refractivity contribution in [1.29, 1.82) is 0 Å². The van der Waals surface area contributed by atoms with E-state index in [1.54, 1.807) is 10.8 Å². The molecule has 4 aromatic rings. The first kappa shape index (κ1) is 13.7. The van der Waals surface area contributed by atoms with Crippen molar-refractivity contribution in [3.05, 3.63) is 48.5 Å². The van der Waals surface area contributed by atoms with Crippen molar-refractivity contribution in [3.63, 3.8) is 0 Å². The average molecular weight is 318 g/mol. The number of likely N-dealkylation sites (N-methyl/N-ethyl adjacent to an activating group) is 1. The molecule has 1 N–H and O–H groups in total. The molecule has 1 aliphatic rings. The quantitative estimate of drug-likeness (QED) is 0.617. The summed E-state index contributed by atoms with van der Waals surface area (Å²) in [6, 6.07) is 8.31. The molecule has 120 valence electrons. The summed E-state index contributed by atoms with van der Waals surface area (Å²) >= 11 is 0. The van der Waals surface area contributed by atoms with E-state index < -0.39 is 0 Å². The van der Waals surface area contributed by atoms with Crippen molar-refractivity contribution in [3.8, 4) is 11.1 Å². The van der Waals surface area contributed by atoms with E-state index in [0.29, 0.717) is 5.92 Å². The molecule has 0 spiro atoms. The maximum atomic E-state index is 4.53. The SMILES string of the molecule is CN1CCC(c2cc3c(-c4cnn5ncccc45)ccnc3[nH]2)C1. The van der Waals surface area contributed by atoms with E-state index in [1.807, 2.05) is 24.5 Å². The standard InChI is InChI=1S/C18H18N6/c1-23-8-5-12(11-23)16-9-14-13(4-7-19-18(14)22-16)15-10-21-24-17(15)3-2-6-20-24/h2-4,6-7,9-10,12H,5,8,11H2,1H3,(H,19,22). The zero-order chi connectivity index (χ0) is 16.1. The number of hydrogen-bond acceptors (Lipinski definition) is 4. The minimum absolute atomic E-state index is 0.558. The Hall–Kier alpha value is -2.73. The van der Waals surface area contributed by atoms with Gasteiger partial charge in [-0.15, -0.1) is 0 Å². The minimum atomic E-state index is 0.558. The molecular formula is C18H18N6.